The maximum absolute atomic E-state index is 12.6. The lowest BCUT2D eigenvalue weighted by Gasteiger charge is -2.26. The van der Waals surface area contributed by atoms with E-state index in [4.69, 9.17) is 9.84 Å². The predicted molar refractivity (Wildman–Crippen MR) is 96.2 cm³/mol. The minimum Gasteiger partial charge on any atom is -0.497 e. The Labute approximate surface area is 151 Å². The largest absolute Gasteiger partial charge is 0.497 e. The van der Waals surface area contributed by atoms with Gasteiger partial charge in [0.2, 0.25) is 0 Å². The number of methoxy groups -OCH3 is 1. The first-order valence-electron chi connectivity index (χ1n) is 8.72. The lowest BCUT2D eigenvalue weighted by atomic mass is 9.86. The van der Waals surface area contributed by atoms with E-state index in [-0.39, 0.29) is 17.9 Å². The third-order valence-corrected chi connectivity index (χ3v) is 4.85. The number of aryl methyl sites for hydroxylation is 1. The standard InChI is InChI=1S/C19H23N3O4/c1-11-16(18(23)21-14-8-6-12(7-9-14)19(24)25)22-17(20-11)13-4-3-5-15(10-13)26-2/h3-5,10,12,14H,6-9H2,1-2H3,(H,20,22)(H,21,23)(H,24,25). The molecule has 1 aromatic carbocycles. The van der Waals surface area contributed by atoms with Crippen molar-refractivity contribution < 1.29 is 19.4 Å². The number of hydrogen-bond donors (Lipinski definition) is 3. The van der Waals surface area contributed by atoms with Crippen LogP contribution in [-0.2, 0) is 4.79 Å². The van der Waals surface area contributed by atoms with E-state index in [0.717, 1.165) is 11.3 Å². The molecule has 7 heteroatoms. The van der Waals surface area contributed by atoms with Crippen molar-refractivity contribution in [3.63, 3.8) is 0 Å². The van der Waals surface area contributed by atoms with Crippen molar-refractivity contribution in [1.82, 2.24) is 15.3 Å². The molecule has 3 rings (SSSR count). The first kappa shape index (κ1) is 18.0. The van der Waals surface area contributed by atoms with E-state index in [1.165, 1.54) is 0 Å². The molecule has 7 nitrogen and oxygen atoms in total. The fourth-order valence-corrected chi connectivity index (χ4v) is 3.33. The molecule has 0 unspecified atom stereocenters. The highest BCUT2D eigenvalue weighted by molar-refractivity contribution is 5.94. The Kier molecular flexibility index (Phi) is 5.25. The molecule has 2 aromatic rings. The summed E-state index contributed by atoms with van der Waals surface area (Å²) in [6.45, 7) is 1.81. The number of aromatic amines is 1. The van der Waals surface area contributed by atoms with Gasteiger partial charge in [-0.05, 0) is 44.7 Å². The molecule has 0 saturated heterocycles. The van der Waals surface area contributed by atoms with Gasteiger partial charge in [0.05, 0.1) is 13.0 Å². The zero-order chi connectivity index (χ0) is 18.7. The van der Waals surface area contributed by atoms with E-state index < -0.39 is 5.97 Å². The van der Waals surface area contributed by atoms with Gasteiger partial charge in [-0.25, -0.2) is 4.98 Å². The first-order valence-corrected chi connectivity index (χ1v) is 8.72. The number of aliphatic carboxylic acids is 1. The van der Waals surface area contributed by atoms with Crippen LogP contribution in [0.2, 0.25) is 0 Å². The maximum atomic E-state index is 12.6. The lowest BCUT2D eigenvalue weighted by molar-refractivity contribution is -0.142. The number of aromatic nitrogens is 2. The van der Waals surface area contributed by atoms with Crippen LogP contribution in [0.1, 0.15) is 41.9 Å². The van der Waals surface area contributed by atoms with Gasteiger partial charge in [0.15, 0.2) is 0 Å². The van der Waals surface area contributed by atoms with E-state index in [1.807, 2.05) is 31.2 Å². The highest BCUT2D eigenvalue weighted by Crippen LogP contribution is 2.25. The third-order valence-electron chi connectivity index (χ3n) is 4.85. The molecule has 1 aromatic heterocycles. The fourth-order valence-electron chi connectivity index (χ4n) is 3.33. The van der Waals surface area contributed by atoms with Crippen LogP contribution in [0.4, 0.5) is 0 Å². The smallest absolute Gasteiger partial charge is 0.306 e. The summed E-state index contributed by atoms with van der Waals surface area (Å²) in [4.78, 5) is 31.2. The Hall–Kier alpha value is -2.83. The van der Waals surface area contributed by atoms with Crippen molar-refractivity contribution in [1.29, 1.82) is 0 Å². The summed E-state index contributed by atoms with van der Waals surface area (Å²) in [6.07, 6.45) is 2.54. The van der Waals surface area contributed by atoms with Gasteiger partial charge in [-0.1, -0.05) is 12.1 Å². The van der Waals surface area contributed by atoms with Crippen molar-refractivity contribution >= 4 is 11.9 Å². The quantitative estimate of drug-likeness (QED) is 0.763. The summed E-state index contributed by atoms with van der Waals surface area (Å²) in [6, 6.07) is 7.46. The summed E-state index contributed by atoms with van der Waals surface area (Å²) in [7, 11) is 1.60. The van der Waals surface area contributed by atoms with Crippen LogP contribution in [0.5, 0.6) is 5.75 Å². The Balaban J connectivity index is 1.69. The molecule has 1 fully saturated rings. The number of nitrogens with zero attached hydrogens (tertiary/aromatic N) is 1. The molecule has 3 N–H and O–H groups in total. The topological polar surface area (TPSA) is 104 Å². The number of nitrogens with one attached hydrogen (secondary N) is 2. The van der Waals surface area contributed by atoms with Crippen molar-refractivity contribution in [2.75, 3.05) is 7.11 Å². The number of amides is 1. The van der Waals surface area contributed by atoms with Crippen LogP contribution < -0.4 is 10.1 Å². The second-order valence-corrected chi connectivity index (χ2v) is 6.65. The molecule has 0 bridgehead atoms. The number of carboxylic acid groups (broad SMARTS) is 1. The van der Waals surface area contributed by atoms with Crippen LogP contribution in [0.3, 0.4) is 0 Å². The van der Waals surface area contributed by atoms with Gasteiger partial charge in [0.25, 0.3) is 5.91 Å². The number of hydrogen-bond acceptors (Lipinski definition) is 4. The number of imidazole rings is 1. The average molecular weight is 357 g/mol. The lowest BCUT2D eigenvalue weighted by Crippen LogP contribution is -2.39. The normalized spacial score (nSPS) is 19.8. The number of ether oxygens (including phenoxy) is 1. The van der Waals surface area contributed by atoms with Gasteiger partial charge in [0, 0.05) is 17.3 Å². The summed E-state index contributed by atoms with van der Waals surface area (Å²) in [5.74, 6) is 0.0568. The summed E-state index contributed by atoms with van der Waals surface area (Å²) in [5.41, 5.74) is 1.90. The molecule has 0 atom stereocenters. The van der Waals surface area contributed by atoms with E-state index >= 15 is 0 Å². The number of benzene rings is 1. The van der Waals surface area contributed by atoms with Crippen molar-refractivity contribution in [3.8, 4) is 17.1 Å². The molecular weight excluding hydrogens is 334 g/mol. The Morgan fingerprint density at radius 1 is 1.27 bits per heavy atom. The van der Waals surface area contributed by atoms with Gasteiger partial charge >= 0.3 is 5.97 Å². The van der Waals surface area contributed by atoms with Gasteiger partial charge < -0.3 is 20.1 Å². The molecule has 1 saturated carbocycles. The molecule has 1 amide bonds. The molecule has 1 heterocycles. The second-order valence-electron chi connectivity index (χ2n) is 6.65. The molecule has 0 radical (unpaired) electrons. The van der Waals surface area contributed by atoms with Crippen molar-refractivity contribution in [2.45, 2.75) is 38.6 Å². The number of carbonyl (C=O) groups is 2. The Morgan fingerprint density at radius 3 is 2.65 bits per heavy atom. The zero-order valence-corrected chi connectivity index (χ0v) is 14.9. The van der Waals surface area contributed by atoms with Gasteiger partial charge in [-0.15, -0.1) is 0 Å². The number of rotatable bonds is 5. The van der Waals surface area contributed by atoms with Crippen LogP contribution >= 0.6 is 0 Å². The monoisotopic (exact) mass is 357 g/mol. The molecule has 1 aliphatic carbocycles. The summed E-state index contributed by atoms with van der Waals surface area (Å²) in [5, 5.41) is 12.0. The van der Waals surface area contributed by atoms with Crippen LogP contribution in [0.15, 0.2) is 24.3 Å². The fraction of sp³-hybridized carbons (Fsp3) is 0.421. The molecule has 138 valence electrons. The van der Waals surface area contributed by atoms with E-state index in [0.29, 0.717) is 42.9 Å². The third kappa shape index (κ3) is 3.87. The Bertz CT molecular complexity index is 807. The second kappa shape index (κ2) is 7.59. The van der Waals surface area contributed by atoms with Crippen molar-refractivity contribution in [3.05, 3.63) is 35.7 Å². The van der Waals surface area contributed by atoms with E-state index in [9.17, 15) is 9.59 Å². The van der Waals surface area contributed by atoms with Gasteiger partial charge in [0.1, 0.15) is 17.3 Å². The van der Waals surface area contributed by atoms with Crippen LogP contribution in [-0.4, -0.2) is 40.1 Å². The first-order chi connectivity index (χ1) is 12.5. The van der Waals surface area contributed by atoms with E-state index in [2.05, 4.69) is 15.3 Å². The zero-order valence-electron chi connectivity index (χ0n) is 14.9. The Morgan fingerprint density at radius 2 is 2.00 bits per heavy atom. The SMILES string of the molecule is COc1cccc(-c2nc(C(=O)NC3CCC(C(=O)O)CC3)c(C)[nH]2)c1. The highest BCUT2D eigenvalue weighted by Gasteiger charge is 2.27. The number of carboxylic acids is 1. The number of H-pyrrole nitrogens is 1. The average Bonchev–Trinajstić information content (AvgIpc) is 3.04. The minimum atomic E-state index is -0.749. The molecule has 1 aliphatic rings. The van der Waals surface area contributed by atoms with Gasteiger partial charge in [-0.3, -0.25) is 9.59 Å². The van der Waals surface area contributed by atoms with Crippen molar-refractivity contribution in [2.24, 2.45) is 5.92 Å². The van der Waals surface area contributed by atoms with Gasteiger partial charge in [-0.2, -0.15) is 0 Å². The van der Waals surface area contributed by atoms with E-state index in [1.54, 1.807) is 7.11 Å². The molecular formula is C19H23N3O4. The van der Waals surface area contributed by atoms with Crippen LogP contribution in [0, 0.1) is 12.8 Å². The minimum absolute atomic E-state index is 0.00512. The summed E-state index contributed by atoms with van der Waals surface area (Å²) < 4.78 is 5.22. The highest BCUT2D eigenvalue weighted by atomic mass is 16.5. The molecule has 0 spiro atoms. The van der Waals surface area contributed by atoms with Crippen LogP contribution in [0.25, 0.3) is 11.4 Å². The molecule has 0 aliphatic heterocycles. The number of carbonyl (C=O) groups excluding carboxylic acids is 1. The maximum Gasteiger partial charge on any atom is 0.306 e. The predicted octanol–water partition coefficient (Wildman–Crippen LogP) is 2.77. The summed E-state index contributed by atoms with van der Waals surface area (Å²) >= 11 is 0. The molecule has 26 heavy (non-hydrogen) atoms.